The lowest BCUT2D eigenvalue weighted by atomic mass is 10.1. The van der Waals surface area contributed by atoms with Gasteiger partial charge in [0.25, 0.3) is 0 Å². The Labute approximate surface area is 111 Å². The van der Waals surface area contributed by atoms with Crippen molar-refractivity contribution < 1.29 is 4.74 Å². The maximum Gasteiger partial charge on any atom is 0.122 e. The van der Waals surface area contributed by atoms with E-state index in [-0.39, 0.29) is 0 Å². The predicted octanol–water partition coefficient (Wildman–Crippen LogP) is 3.55. The summed E-state index contributed by atoms with van der Waals surface area (Å²) in [6.45, 7) is 12.7. The summed E-state index contributed by atoms with van der Waals surface area (Å²) in [4.78, 5) is 0. The zero-order valence-corrected chi connectivity index (χ0v) is 11.9. The minimum Gasteiger partial charge on any atom is -0.493 e. The fourth-order valence-corrected chi connectivity index (χ4v) is 1.89. The van der Waals surface area contributed by atoms with Crippen molar-refractivity contribution in [1.29, 1.82) is 0 Å². The Morgan fingerprint density at radius 2 is 2.00 bits per heavy atom. The van der Waals surface area contributed by atoms with Crippen LogP contribution in [-0.4, -0.2) is 19.7 Å². The summed E-state index contributed by atoms with van der Waals surface area (Å²) in [7, 11) is 0. The van der Waals surface area contributed by atoms with Gasteiger partial charge in [-0.05, 0) is 62.9 Å². The maximum absolute atomic E-state index is 5.86. The van der Waals surface area contributed by atoms with Gasteiger partial charge in [0.05, 0.1) is 6.61 Å². The Hall–Kier alpha value is -1.28. The first-order valence-corrected chi connectivity index (χ1v) is 6.67. The molecule has 0 unspecified atom stereocenters. The molecule has 2 nitrogen and oxygen atoms in total. The average molecular weight is 247 g/mol. The van der Waals surface area contributed by atoms with Crippen molar-refractivity contribution in [2.24, 2.45) is 0 Å². The monoisotopic (exact) mass is 247 g/mol. The second kappa shape index (κ2) is 7.93. The van der Waals surface area contributed by atoms with Crippen molar-refractivity contribution in [2.45, 2.75) is 33.6 Å². The van der Waals surface area contributed by atoms with Crippen LogP contribution in [0.15, 0.2) is 24.8 Å². The van der Waals surface area contributed by atoms with Gasteiger partial charge >= 0.3 is 0 Å². The van der Waals surface area contributed by atoms with Gasteiger partial charge in [-0.25, -0.2) is 0 Å². The molecule has 0 saturated heterocycles. The molecule has 0 aromatic heterocycles. The Morgan fingerprint density at radius 1 is 1.22 bits per heavy atom. The highest BCUT2D eigenvalue weighted by Crippen LogP contribution is 2.23. The van der Waals surface area contributed by atoms with E-state index in [1.807, 2.05) is 6.08 Å². The molecular weight excluding hydrogens is 222 g/mol. The van der Waals surface area contributed by atoms with Crippen LogP contribution in [0.25, 0.3) is 0 Å². The molecule has 0 bridgehead atoms. The molecule has 100 valence electrons. The van der Waals surface area contributed by atoms with Crippen molar-refractivity contribution in [1.82, 2.24) is 5.32 Å². The molecule has 2 heteroatoms. The first-order valence-electron chi connectivity index (χ1n) is 6.67. The summed E-state index contributed by atoms with van der Waals surface area (Å²) in [6, 6.07) is 4.32. The Kier molecular flexibility index (Phi) is 6.51. The van der Waals surface area contributed by atoms with Gasteiger partial charge in [-0.2, -0.15) is 0 Å². The quantitative estimate of drug-likeness (QED) is 0.560. The molecule has 1 aromatic rings. The summed E-state index contributed by atoms with van der Waals surface area (Å²) in [5.41, 5.74) is 3.82. The van der Waals surface area contributed by atoms with Gasteiger partial charge in [0.15, 0.2) is 0 Å². The summed E-state index contributed by atoms with van der Waals surface area (Å²) in [6.07, 6.45) is 4.10. The molecule has 1 aromatic carbocycles. The first kappa shape index (κ1) is 14.8. The highest BCUT2D eigenvalue weighted by atomic mass is 16.5. The van der Waals surface area contributed by atoms with E-state index in [0.717, 1.165) is 38.3 Å². The number of aryl methyl sites for hydroxylation is 2. The van der Waals surface area contributed by atoms with Crippen LogP contribution in [0.5, 0.6) is 5.75 Å². The van der Waals surface area contributed by atoms with Gasteiger partial charge in [-0.3, -0.25) is 0 Å². The van der Waals surface area contributed by atoms with Crippen LogP contribution >= 0.6 is 0 Å². The number of hydrogen-bond acceptors (Lipinski definition) is 2. The maximum atomic E-state index is 5.86. The molecule has 0 aliphatic heterocycles. The lowest BCUT2D eigenvalue weighted by Gasteiger charge is -2.12. The lowest BCUT2D eigenvalue weighted by Crippen LogP contribution is -2.15. The Balaban J connectivity index is 2.29. The SMILES string of the molecule is C=CCNCCCCOc1cc(C)cc(C)c1C. The third-order valence-electron chi connectivity index (χ3n) is 3.06. The van der Waals surface area contributed by atoms with Crippen molar-refractivity contribution in [3.05, 3.63) is 41.5 Å². The van der Waals surface area contributed by atoms with E-state index in [9.17, 15) is 0 Å². The number of hydrogen-bond donors (Lipinski definition) is 1. The third-order valence-corrected chi connectivity index (χ3v) is 3.06. The van der Waals surface area contributed by atoms with E-state index >= 15 is 0 Å². The number of ether oxygens (including phenoxy) is 1. The molecule has 0 amide bonds. The molecule has 0 atom stereocenters. The molecule has 1 rings (SSSR count). The minimum atomic E-state index is 0.791. The standard InChI is InChI=1S/C16H25NO/c1-5-8-17-9-6-7-10-18-16-12-13(2)11-14(3)15(16)4/h5,11-12,17H,1,6-10H2,2-4H3. The van der Waals surface area contributed by atoms with Crippen LogP contribution in [0.4, 0.5) is 0 Å². The largest absolute Gasteiger partial charge is 0.493 e. The molecule has 0 fully saturated rings. The molecule has 0 heterocycles. The lowest BCUT2D eigenvalue weighted by molar-refractivity contribution is 0.304. The topological polar surface area (TPSA) is 21.3 Å². The van der Waals surface area contributed by atoms with Gasteiger partial charge in [0.2, 0.25) is 0 Å². The van der Waals surface area contributed by atoms with Crippen molar-refractivity contribution >= 4 is 0 Å². The zero-order chi connectivity index (χ0) is 13.4. The molecule has 0 radical (unpaired) electrons. The second-order valence-corrected chi connectivity index (χ2v) is 4.75. The molecular formula is C16H25NO. The smallest absolute Gasteiger partial charge is 0.122 e. The predicted molar refractivity (Wildman–Crippen MR) is 78.4 cm³/mol. The summed E-state index contributed by atoms with van der Waals surface area (Å²) in [5.74, 6) is 1.03. The molecule has 0 spiro atoms. The Morgan fingerprint density at radius 3 is 2.72 bits per heavy atom. The van der Waals surface area contributed by atoms with E-state index in [1.165, 1.54) is 16.7 Å². The van der Waals surface area contributed by atoms with Gasteiger partial charge in [0, 0.05) is 6.54 Å². The van der Waals surface area contributed by atoms with Gasteiger partial charge in [-0.1, -0.05) is 12.1 Å². The van der Waals surface area contributed by atoms with Crippen molar-refractivity contribution in [2.75, 3.05) is 19.7 Å². The van der Waals surface area contributed by atoms with Crippen LogP contribution in [0.3, 0.4) is 0 Å². The van der Waals surface area contributed by atoms with E-state index in [2.05, 4.69) is 44.8 Å². The fraction of sp³-hybridized carbons (Fsp3) is 0.500. The van der Waals surface area contributed by atoms with Gasteiger partial charge in [-0.15, -0.1) is 6.58 Å². The van der Waals surface area contributed by atoms with E-state index in [4.69, 9.17) is 4.74 Å². The van der Waals surface area contributed by atoms with Crippen LogP contribution in [0.2, 0.25) is 0 Å². The molecule has 1 N–H and O–H groups in total. The van der Waals surface area contributed by atoms with E-state index in [1.54, 1.807) is 0 Å². The van der Waals surface area contributed by atoms with Crippen LogP contribution < -0.4 is 10.1 Å². The molecule has 0 aliphatic carbocycles. The minimum absolute atomic E-state index is 0.791. The van der Waals surface area contributed by atoms with E-state index in [0.29, 0.717) is 0 Å². The highest BCUT2D eigenvalue weighted by molar-refractivity contribution is 5.41. The molecule has 0 aliphatic rings. The van der Waals surface area contributed by atoms with Crippen molar-refractivity contribution in [3.63, 3.8) is 0 Å². The summed E-state index contributed by atoms with van der Waals surface area (Å²) < 4.78 is 5.86. The van der Waals surface area contributed by atoms with Gasteiger partial charge in [0.1, 0.15) is 5.75 Å². The number of unbranched alkanes of at least 4 members (excludes halogenated alkanes) is 1. The Bertz CT molecular complexity index is 385. The van der Waals surface area contributed by atoms with Crippen molar-refractivity contribution in [3.8, 4) is 5.75 Å². The van der Waals surface area contributed by atoms with Crippen LogP contribution in [0, 0.1) is 20.8 Å². The molecule has 0 saturated carbocycles. The highest BCUT2D eigenvalue weighted by Gasteiger charge is 2.03. The van der Waals surface area contributed by atoms with E-state index < -0.39 is 0 Å². The van der Waals surface area contributed by atoms with Crippen LogP contribution in [0.1, 0.15) is 29.5 Å². The van der Waals surface area contributed by atoms with Gasteiger partial charge < -0.3 is 10.1 Å². The second-order valence-electron chi connectivity index (χ2n) is 4.75. The normalized spacial score (nSPS) is 10.4. The number of nitrogens with one attached hydrogen (secondary N) is 1. The van der Waals surface area contributed by atoms with Crippen LogP contribution in [-0.2, 0) is 0 Å². The fourth-order valence-electron chi connectivity index (χ4n) is 1.89. The summed E-state index contributed by atoms with van der Waals surface area (Å²) in [5, 5.41) is 3.29. The number of rotatable bonds is 8. The number of benzene rings is 1. The summed E-state index contributed by atoms with van der Waals surface area (Å²) >= 11 is 0. The average Bonchev–Trinajstić information content (AvgIpc) is 2.33. The molecule has 18 heavy (non-hydrogen) atoms. The third kappa shape index (κ3) is 4.92. The zero-order valence-electron chi connectivity index (χ0n) is 11.9. The first-order chi connectivity index (χ1) is 8.65.